The molecular formula is C10H13N3O3. The zero-order chi connectivity index (χ0) is 12.0. The SMILES string of the molecule is C[C@@H](NC(=O)NCc1ccccn1)C(=O)O. The highest BCUT2D eigenvalue weighted by Gasteiger charge is 2.13. The van der Waals surface area contributed by atoms with Crippen LogP contribution in [-0.4, -0.2) is 28.1 Å². The summed E-state index contributed by atoms with van der Waals surface area (Å²) in [7, 11) is 0. The van der Waals surface area contributed by atoms with Gasteiger partial charge in [0.25, 0.3) is 0 Å². The molecule has 1 aromatic heterocycles. The van der Waals surface area contributed by atoms with E-state index in [4.69, 9.17) is 5.11 Å². The predicted octanol–water partition coefficient (Wildman–Crippen LogP) is 0.354. The number of carboxylic acid groups (broad SMARTS) is 1. The highest BCUT2D eigenvalue weighted by molar-refractivity contribution is 5.82. The summed E-state index contributed by atoms with van der Waals surface area (Å²) in [5, 5.41) is 13.3. The summed E-state index contributed by atoms with van der Waals surface area (Å²) in [5.41, 5.74) is 0.709. The van der Waals surface area contributed by atoms with Gasteiger partial charge in [-0.15, -0.1) is 0 Å². The molecule has 0 bridgehead atoms. The fraction of sp³-hybridized carbons (Fsp3) is 0.300. The van der Waals surface area contributed by atoms with Crippen molar-refractivity contribution in [1.82, 2.24) is 15.6 Å². The summed E-state index contributed by atoms with van der Waals surface area (Å²) >= 11 is 0. The molecule has 2 amide bonds. The van der Waals surface area contributed by atoms with Crippen LogP contribution in [-0.2, 0) is 11.3 Å². The van der Waals surface area contributed by atoms with E-state index in [0.29, 0.717) is 5.69 Å². The van der Waals surface area contributed by atoms with Crippen molar-refractivity contribution in [3.8, 4) is 0 Å². The fourth-order valence-corrected chi connectivity index (χ4v) is 0.983. The Balaban J connectivity index is 2.33. The van der Waals surface area contributed by atoms with E-state index in [0.717, 1.165) is 0 Å². The van der Waals surface area contributed by atoms with Crippen molar-refractivity contribution in [1.29, 1.82) is 0 Å². The minimum atomic E-state index is -1.08. The Morgan fingerprint density at radius 1 is 1.50 bits per heavy atom. The van der Waals surface area contributed by atoms with Gasteiger partial charge in [0.1, 0.15) is 6.04 Å². The summed E-state index contributed by atoms with van der Waals surface area (Å²) in [6, 6.07) is 3.91. The molecule has 1 heterocycles. The first-order valence-corrected chi connectivity index (χ1v) is 4.76. The number of hydrogen-bond acceptors (Lipinski definition) is 3. The van der Waals surface area contributed by atoms with E-state index in [-0.39, 0.29) is 6.54 Å². The number of carboxylic acids is 1. The second-order valence-electron chi connectivity index (χ2n) is 3.21. The predicted molar refractivity (Wildman–Crippen MR) is 56.7 cm³/mol. The maximum atomic E-state index is 11.2. The molecule has 0 saturated carbocycles. The minimum Gasteiger partial charge on any atom is -0.480 e. The van der Waals surface area contributed by atoms with Crippen LogP contribution in [0.15, 0.2) is 24.4 Å². The molecule has 86 valence electrons. The second kappa shape index (κ2) is 5.69. The van der Waals surface area contributed by atoms with Gasteiger partial charge in [-0.3, -0.25) is 9.78 Å². The molecule has 1 aromatic rings. The molecule has 0 fully saturated rings. The summed E-state index contributed by atoms with van der Waals surface area (Å²) in [5.74, 6) is -1.08. The van der Waals surface area contributed by atoms with Gasteiger partial charge >= 0.3 is 12.0 Å². The highest BCUT2D eigenvalue weighted by atomic mass is 16.4. The van der Waals surface area contributed by atoms with Gasteiger partial charge in [-0.05, 0) is 19.1 Å². The molecule has 0 aromatic carbocycles. The first kappa shape index (κ1) is 12.0. The lowest BCUT2D eigenvalue weighted by molar-refractivity contribution is -0.138. The molecule has 0 unspecified atom stereocenters. The molecule has 6 nitrogen and oxygen atoms in total. The quantitative estimate of drug-likeness (QED) is 0.687. The fourth-order valence-electron chi connectivity index (χ4n) is 0.983. The number of aliphatic carboxylic acids is 1. The Bertz CT molecular complexity index is 367. The largest absolute Gasteiger partial charge is 0.480 e. The molecule has 0 spiro atoms. The molecule has 0 aliphatic carbocycles. The average molecular weight is 223 g/mol. The second-order valence-corrected chi connectivity index (χ2v) is 3.21. The number of pyridine rings is 1. The smallest absolute Gasteiger partial charge is 0.325 e. The molecular weight excluding hydrogens is 210 g/mol. The van der Waals surface area contributed by atoms with Gasteiger partial charge in [-0.25, -0.2) is 4.79 Å². The van der Waals surface area contributed by atoms with Crippen LogP contribution in [0.2, 0.25) is 0 Å². The first-order valence-electron chi connectivity index (χ1n) is 4.76. The van der Waals surface area contributed by atoms with E-state index in [1.54, 1.807) is 18.3 Å². The van der Waals surface area contributed by atoms with Gasteiger partial charge < -0.3 is 15.7 Å². The maximum absolute atomic E-state index is 11.2. The van der Waals surface area contributed by atoms with E-state index < -0.39 is 18.0 Å². The lowest BCUT2D eigenvalue weighted by atomic mass is 10.3. The number of aromatic nitrogens is 1. The van der Waals surface area contributed by atoms with Crippen molar-refractivity contribution in [2.24, 2.45) is 0 Å². The van der Waals surface area contributed by atoms with Crippen LogP contribution < -0.4 is 10.6 Å². The van der Waals surface area contributed by atoms with E-state index in [1.807, 2.05) is 6.07 Å². The van der Waals surface area contributed by atoms with Crippen molar-refractivity contribution in [3.63, 3.8) is 0 Å². The number of carbonyl (C=O) groups excluding carboxylic acids is 1. The summed E-state index contributed by atoms with van der Waals surface area (Å²) < 4.78 is 0. The number of nitrogens with zero attached hydrogens (tertiary/aromatic N) is 1. The van der Waals surface area contributed by atoms with Gasteiger partial charge in [0, 0.05) is 6.20 Å². The third-order valence-corrected chi connectivity index (χ3v) is 1.87. The van der Waals surface area contributed by atoms with Gasteiger partial charge in [0.15, 0.2) is 0 Å². The Morgan fingerprint density at radius 2 is 2.25 bits per heavy atom. The lowest BCUT2D eigenvalue weighted by Crippen LogP contribution is -2.44. The Labute approximate surface area is 92.7 Å². The topological polar surface area (TPSA) is 91.3 Å². The highest BCUT2D eigenvalue weighted by Crippen LogP contribution is 1.91. The van der Waals surface area contributed by atoms with Crippen LogP contribution in [0.3, 0.4) is 0 Å². The van der Waals surface area contributed by atoms with E-state index in [2.05, 4.69) is 15.6 Å². The minimum absolute atomic E-state index is 0.263. The molecule has 0 radical (unpaired) electrons. The number of rotatable bonds is 4. The number of urea groups is 1. The van der Waals surface area contributed by atoms with Gasteiger partial charge in [-0.2, -0.15) is 0 Å². The maximum Gasteiger partial charge on any atom is 0.325 e. The number of amides is 2. The van der Waals surface area contributed by atoms with Crippen LogP contribution >= 0.6 is 0 Å². The van der Waals surface area contributed by atoms with Gasteiger partial charge in [0.2, 0.25) is 0 Å². The Hall–Kier alpha value is -2.11. The van der Waals surface area contributed by atoms with E-state index >= 15 is 0 Å². The molecule has 0 aliphatic rings. The zero-order valence-corrected chi connectivity index (χ0v) is 8.80. The molecule has 1 atom stereocenters. The zero-order valence-electron chi connectivity index (χ0n) is 8.80. The number of carbonyl (C=O) groups is 2. The Kier molecular flexibility index (Phi) is 4.26. The van der Waals surface area contributed by atoms with E-state index in [9.17, 15) is 9.59 Å². The van der Waals surface area contributed by atoms with Crippen LogP contribution in [0.4, 0.5) is 4.79 Å². The van der Waals surface area contributed by atoms with Crippen LogP contribution in [0, 0.1) is 0 Å². The number of hydrogen-bond donors (Lipinski definition) is 3. The van der Waals surface area contributed by atoms with E-state index in [1.165, 1.54) is 6.92 Å². The third-order valence-electron chi connectivity index (χ3n) is 1.87. The molecule has 0 aliphatic heterocycles. The van der Waals surface area contributed by atoms with Gasteiger partial charge in [-0.1, -0.05) is 6.07 Å². The lowest BCUT2D eigenvalue weighted by Gasteiger charge is -2.10. The van der Waals surface area contributed by atoms with Crippen LogP contribution in [0.1, 0.15) is 12.6 Å². The van der Waals surface area contributed by atoms with Crippen molar-refractivity contribution >= 4 is 12.0 Å². The average Bonchev–Trinajstić information content (AvgIpc) is 2.27. The van der Waals surface area contributed by atoms with Crippen molar-refractivity contribution in [2.75, 3.05) is 0 Å². The monoisotopic (exact) mass is 223 g/mol. The summed E-state index contributed by atoms with van der Waals surface area (Å²) in [6.07, 6.45) is 1.62. The molecule has 1 rings (SSSR count). The van der Waals surface area contributed by atoms with Crippen molar-refractivity contribution in [3.05, 3.63) is 30.1 Å². The van der Waals surface area contributed by atoms with Crippen LogP contribution in [0.5, 0.6) is 0 Å². The first-order chi connectivity index (χ1) is 7.59. The van der Waals surface area contributed by atoms with Crippen LogP contribution in [0.25, 0.3) is 0 Å². The third kappa shape index (κ3) is 3.95. The molecule has 16 heavy (non-hydrogen) atoms. The normalized spacial score (nSPS) is 11.6. The Morgan fingerprint density at radius 3 is 2.81 bits per heavy atom. The number of nitrogens with one attached hydrogen (secondary N) is 2. The molecule has 3 N–H and O–H groups in total. The molecule has 0 saturated heterocycles. The summed E-state index contributed by atoms with van der Waals surface area (Å²) in [6.45, 7) is 1.65. The van der Waals surface area contributed by atoms with Crippen molar-refractivity contribution in [2.45, 2.75) is 19.5 Å². The molecule has 6 heteroatoms. The van der Waals surface area contributed by atoms with Gasteiger partial charge in [0.05, 0.1) is 12.2 Å². The van der Waals surface area contributed by atoms with Crippen molar-refractivity contribution < 1.29 is 14.7 Å². The standard InChI is InChI=1S/C10H13N3O3/c1-7(9(14)15)13-10(16)12-6-8-4-2-3-5-11-8/h2-5,7H,6H2,1H3,(H,14,15)(H2,12,13,16)/t7-/m1/s1. The summed E-state index contributed by atoms with van der Waals surface area (Å²) in [4.78, 5) is 25.7.